The van der Waals surface area contributed by atoms with Crippen molar-refractivity contribution in [3.05, 3.63) is 78.3 Å². The molecule has 1 aromatic carbocycles. The first-order valence-corrected chi connectivity index (χ1v) is 9.41. The molecule has 0 atom stereocenters. The summed E-state index contributed by atoms with van der Waals surface area (Å²) < 4.78 is 13.9. The van der Waals surface area contributed by atoms with E-state index in [0.29, 0.717) is 28.1 Å². The monoisotopic (exact) mass is 425 g/mol. The topological polar surface area (TPSA) is 152 Å². The van der Waals surface area contributed by atoms with Gasteiger partial charge in [0.2, 0.25) is 0 Å². The number of hydrogen-bond donors (Lipinski definition) is 2. The molecule has 10 heteroatoms. The number of nitrogen functional groups attached to an aromatic ring is 2. The molecule has 0 radical (unpaired) electrons. The molecular weight excluding hydrogens is 409 g/mol. The fourth-order valence-corrected chi connectivity index (χ4v) is 3.04. The summed E-state index contributed by atoms with van der Waals surface area (Å²) >= 11 is 0. The van der Waals surface area contributed by atoms with Crippen LogP contribution < -0.4 is 11.5 Å². The lowest BCUT2D eigenvalue weighted by Gasteiger charge is -2.15. The summed E-state index contributed by atoms with van der Waals surface area (Å²) in [5.41, 5.74) is 15.2. The predicted molar refractivity (Wildman–Crippen MR) is 117 cm³/mol. The van der Waals surface area contributed by atoms with E-state index in [-0.39, 0.29) is 29.4 Å². The van der Waals surface area contributed by atoms with Crippen LogP contribution >= 0.6 is 0 Å². The Balaban J connectivity index is 1.90. The minimum Gasteiger partial charge on any atom is -0.394 e. The van der Waals surface area contributed by atoms with Gasteiger partial charge in [0.05, 0.1) is 34.3 Å². The summed E-state index contributed by atoms with van der Waals surface area (Å²) in [6.45, 7) is -0.100. The third kappa shape index (κ3) is 4.08. The van der Waals surface area contributed by atoms with Gasteiger partial charge in [0.25, 0.3) is 0 Å². The van der Waals surface area contributed by atoms with Gasteiger partial charge in [-0.15, -0.1) is 0 Å². The van der Waals surface area contributed by atoms with Crippen molar-refractivity contribution < 1.29 is 4.39 Å². The first-order valence-electron chi connectivity index (χ1n) is 9.41. The van der Waals surface area contributed by atoms with Crippen molar-refractivity contribution in [3.63, 3.8) is 0 Å². The quantitative estimate of drug-likeness (QED) is 0.457. The van der Waals surface area contributed by atoms with Gasteiger partial charge < -0.3 is 11.5 Å². The van der Waals surface area contributed by atoms with Gasteiger partial charge in [0.1, 0.15) is 35.9 Å². The number of nitrogens with zero attached hydrogens (tertiary/aromatic N) is 7. The van der Waals surface area contributed by atoms with E-state index in [2.05, 4.69) is 36.2 Å². The summed E-state index contributed by atoms with van der Waals surface area (Å²) in [6, 6.07) is 13.4. The lowest BCUT2D eigenvalue weighted by atomic mass is 9.99. The van der Waals surface area contributed by atoms with Crippen molar-refractivity contribution in [2.24, 2.45) is 10.2 Å². The van der Waals surface area contributed by atoms with Crippen LogP contribution in [0.15, 0.2) is 71.4 Å². The summed E-state index contributed by atoms with van der Waals surface area (Å²) in [5, 5.41) is 17.6. The number of halogens is 1. The zero-order valence-electron chi connectivity index (χ0n) is 16.6. The highest BCUT2D eigenvalue weighted by Gasteiger charge is 2.21. The first-order chi connectivity index (χ1) is 15.6. The Morgan fingerprint density at radius 1 is 1.06 bits per heavy atom. The summed E-state index contributed by atoms with van der Waals surface area (Å²) in [7, 11) is 0. The van der Waals surface area contributed by atoms with Crippen LogP contribution in [0.2, 0.25) is 0 Å². The molecular formula is C22H16FN9. The second-order valence-electron chi connectivity index (χ2n) is 6.60. The van der Waals surface area contributed by atoms with Gasteiger partial charge in [-0.25, -0.2) is 19.3 Å². The van der Waals surface area contributed by atoms with Crippen molar-refractivity contribution in [3.8, 4) is 28.6 Å². The average molecular weight is 425 g/mol. The van der Waals surface area contributed by atoms with Gasteiger partial charge in [-0.1, -0.05) is 12.1 Å². The van der Waals surface area contributed by atoms with Crippen LogP contribution in [0.25, 0.3) is 22.5 Å². The molecule has 0 bridgehead atoms. The van der Waals surface area contributed by atoms with Crippen LogP contribution in [0.5, 0.6) is 0 Å². The summed E-state index contributed by atoms with van der Waals surface area (Å²) in [4.78, 5) is 16.7. The Labute approximate surface area is 182 Å². The van der Waals surface area contributed by atoms with Crippen LogP contribution in [0.3, 0.4) is 0 Å². The number of pyridine rings is 2. The Bertz CT molecular complexity index is 1350. The Hall–Kier alpha value is -4.78. The lowest BCUT2D eigenvalue weighted by molar-refractivity contribution is 0.598. The Morgan fingerprint density at radius 2 is 1.94 bits per heavy atom. The minimum absolute atomic E-state index is 0.0399. The number of hydrogen-bond acceptors (Lipinski definition) is 9. The van der Waals surface area contributed by atoms with Crippen LogP contribution in [-0.4, -0.2) is 19.9 Å². The molecule has 3 aromatic heterocycles. The van der Waals surface area contributed by atoms with Crippen LogP contribution in [-0.2, 0) is 6.54 Å². The average Bonchev–Trinajstić information content (AvgIpc) is 2.83. The minimum atomic E-state index is -0.487. The molecule has 4 aromatic rings. The highest BCUT2D eigenvalue weighted by molar-refractivity contribution is 5.95. The van der Waals surface area contributed by atoms with Crippen molar-refractivity contribution in [2.75, 3.05) is 11.5 Å². The van der Waals surface area contributed by atoms with E-state index in [1.54, 1.807) is 36.5 Å². The van der Waals surface area contributed by atoms with E-state index >= 15 is 0 Å². The zero-order chi connectivity index (χ0) is 22.5. The second kappa shape index (κ2) is 8.93. The fraction of sp³-hybridized carbons (Fsp3) is 0.0455. The van der Waals surface area contributed by atoms with Gasteiger partial charge in [0, 0.05) is 18.0 Å². The molecule has 4 N–H and O–H groups in total. The SMILES string of the molecule is N#Cc1cccc(-c2nc(N)c(N)c(N=NCc3ncccc3F)c2-c2ccncn2)c1. The third-order valence-electron chi connectivity index (χ3n) is 4.57. The number of benzene rings is 1. The molecule has 0 amide bonds. The highest BCUT2D eigenvalue weighted by Crippen LogP contribution is 2.43. The predicted octanol–water partition coefficient (Wildman–Crippen LogP) is 4.06. The van der Waals surface area contributed by atoms with Crippen LogP contribution in [0.1, 0.15) is 11.3 Å². The van der Waals surface area contributed by atoms with Crippen molar-refractivity contribution >= 4 is 17.2 Å². The molecule has 0 unspecified atom stereocenters. The lowest BCUT2D eigenvalue weighted by Crippen LogP contribution is -2.03. The van der Waals surface area contributed by atoms with Crippen LogP contribution in [0, 0.1) is 17.1 Å². The molecule has 0 aliphatic heterocycles. The van der Waals surface area contributed by atoms with E-state index < -0.39 is 5.82 Å². The summed E-state index contributed by atoms with van der Waals surface area (Å²) in [6.07, 6.45) is 4.41. The molecule has 0 spiro atoms. The Morgan fingerprint density at radius 3 is 2.69 bits per heavy atom. The molecule has 0 aliphatic rings. The molecule has 0 aliphatic carbocycles. The smallest absolute Gasteiger partial charge is 0.149 e. The van der Waals surface area contributed by atoms with Crippen molar-refractivity contribution in [1.29, 1.82) is 5.26 Å². The molecule has 0 fully saturated rings. The van der Waals surface area contributed by atoms with Gasteiger partial charge in [0.15, 0.2) is 0 Å². The van der Waals surface area contributed by atoms with E-state index in [1.807, 2.05) is 0 Å². The number of aromatic nitrogens is 4. The molecule has 4 rings (SSSR count). The van der Waals surface area contributed by atoms with Crippen molar-refractivity contribution in [2.45, 2.75) is 6.54 Å². The molecule has 9 nitrogen and oxygen atoms in total. The van der Waals surface area contributed by atoms with Gasteiger partial charge in [-0.3, -0.25) is 4.98 Å². The molecule has 32 heavy (non-hydrogen) atoms. The molecule has 156 valence electrons. The zero-order valence-corrected chi connectivity index (χ0v) is 16.6. The maximum atomic E-state index is 13.9. The second-order valence-corrected chi connectivity index (χ2v) is 6.60. The van der Waals surface area contributed by atoms with Crippen molar-refractivity contribution in [1.82, 2.24) is 19.9 Å². The summed E-state index contributed by atoms with van der Waals surface area (Å²) in [5.74, 6) is -0.447. The normalized spacial score (nSPS) is 10.9. The third-order valence-corrected chi connectivity index (χ3v) is 4.57. The molecule has 3 heterocycles. The number of rotatable bonds is 5. The molecule has 0 saturated carbocycles. The van der Waals surface area contributed by atoms with E-state index in [9.17, 15) is 9.65 Å². The Kier molecular flexibility index (Phi) is 5.72. The van der Waals surface area contributed by atoms with E-state index in [0.717, 1.165) is 0 Å². The standard InChI is InChI=1S/C22H16FN9/c23-15-5-2-7-28-17(15)11-30-32-21-18(16-6-8-27-12-29-16)20(31-22(26)19(21)25)14-4-1-3-13(9-14)10-24/h1-9,12H,11,25H2,(H2,26,31). The van der Waals surface area contributed by atoms with Gasteiger partial charge >= 0.3 is 0 Å². The number of nitriles is 1. The fourth-order valence-electron chi connectivity index (χ4n) is 3.04. The van der Waals surface area contributed by atoms with E-state index in [4.69, 9.17) is 11.5 Å². The largest absolute Gasteiger partial charge is 0.394 e. The van der Waals surface area contributed by atoms with E-state index in [1.165, 1.54) is 24.7 Å². The maximum Gasteiger partial charge on any atom is 0.149 e. The van der Waals surface area contributed by atoms with Gasteiger partial charge in [-0.2, -0.15) is 15.5 Å². The number of azo groups is 1. The molecule has 0 saturated heterocycles. The number of nitrogens with two attached hydrogens (primary N) is 2. The van der Waals surface area contributed by atoms with Crippen LogP contribution in [0.4, 0.5) is 21.6 Å². The van der Waals surface area contributed by atoms with Gasteiger partial charge in [-0.05, 0) is 30.3 Å². The number of anilines is 2. The highest BCUT2D eigenvalue weighted by atomic mass is 19.1. The first kappa shape index (κ1) is 20.5. The maximum absolute atomic E-state index is 13.9.